The molecule has 0 saturated carbocycles. The number of nitrogens with one attached hydrogen (secondary N) is 1. The van der Waals surface area contributed by atoms with E-state index in [2.05, 4.69) is 10.3 Å². The molecule has 3 N–H and O–H groups in total. The van der Waals surface area contributed by atoms with Crippen molar-refractivity contribution in [2.24, 2.45) is 5.84 Å². The highest BCUT2D eigenvalue weighted by Crippen LogP contribution is 2.25. The van der Waals surface area contributed by atoms with Crippen molar-refractivity contribution >= 4 is 11.4 Å². The monoisotopic (exact) mass is 280 g/mol. The van der Waals surface area contributed by atoms with Crippen LogP contribution in [0.25, 0.3) is 0 Å². The Hall–Kier alpha value is -1.70. The molecule has 0 spiro atoms. The third-order valence-corrected chi connectivity index (χ3v) is 3.31. The van der Waals surface area contributed by atoms with Crippen LogP contribution < -0.4 is 11.3 Å². The molecule has 0 radical (unpaired) electrons. The zero-order valence-electron chi connectivity index (χ0n) is 11.7. The van der Waals surface area contributed by atoms with Crippen molar-refractivity contribution in [3.8, 4) is 0 Å². The van der Waals surface area contributed by atoms with E-state index in [9.17, 15) is 10.1 Å². The molecule has 1 fully saturated rings. The Morgan fingerprint density at radius 1 is 1.45 bits per heavy atom. The molecule has 7 heteroatoms. The van der Waals surface area contributed by atoms with Gasteiger partial charge in [0, 0.05) is 25.7 Å². The van der Waals surface area contributed by atoms with E-state index in [0.717, 1.165) is 25.2 Å². The summed E-state index contributed by atoms with van der Waals surface area (Å²) in [5.74, 6) is 5.35. The van der Waals surface area contributed by atoms with E-state index in [0.29, 0.717) is 5.69 Å². The number of ether oxygens (including phenoxy) is 1. The molecule has 1 aliphatic heterocycles. The van der Waals surface area contributed by atoms with E-state index >= 15 is 0 Å². The molecular weight excluding hydrogens is 260 g/mol. The van der Waals surface area contributed by atoms with Crippen molar-refractivity contribution in [3.05, 3.63) is 33.9 Å². The van der Waals surface area contributed by atoms with Gasteiger partial charge in [0.1, 0.15) is 5.69 Å². The number of anilines is 1. The van der Waals surface area contributed by atoms with Crippen molar-refractivity contribution in [2.75, 3.05) is 18.5 Å². The average Bonchev–Trinajstić information content (AvgIpc) is 2.37. The molecule has 1 aromatic carbocycles. The van der Waals surface area contributed by atoms with E-state index in [1.807, 2.05) is 13.8 Å². The van der Waals surface area contributed by atoms with E-state index in [1.54, 1.807) is 12.1 Å². The lowest BCUT2D eigenvalue weighted by atomic mass is 10.1. The van der Waals surface area contributed by atoms with Crippen molar-refractivity contribution < 1.29 is 9.66 Å². The van der Waals surface area contributed by atoms with Crippen LogP contribution in [-0.4, -0.2) is 35.1 Å². The maximum atomic E-state index is 10.9. The van der Waals surface area contributed by atoms with Gasteiger partial charge in [-0.1, -0.05) is 6.07 Å². The van der Waals surface area contributed by atoms with Crippen LogP contribution in [0.4, 0.5) is 11.4 Å². The minimum Gasteiger partial charge on any atom is -0.373 e. The van der Waals surface area contributed by atoms with Gasteiger partial charge in [0.15, 0.2) is 0 Å². The SMILES string of the molecule is C[C@@H]1CN(Cc2ccc([N+](=O)[O-])c(NN)c2)C[C@H](C)O1. The first-order valence-corrected chi connectivity index (χ1v) is 6.61. The average molecular weight is 280 g/mol. The van der Waals surface area contributed by atoms with Gasteiger partial charge < -0.3 is 10.2 Å². The summed E-state index contributed by atoms with van der Waals surface area (Å²) in [5, 5.41) is 10.9. The number of hydrazine groups is 1. The summed E-state index contributed by atoms with van der Waals surface area (Å²) in [5.41, 5.74) is 3.70. The minimum absolute atomic E-state index is 0.0139. The highest BCUT2D eigenvalue weighted by molar-refractivity contribution is 5.62. The lowest BCUT2D eigenvalue weighted by Gasteiger charge is -2.35. The van der Waals surface area contributed by atoms with E-state index in [-0.39, 0.29) is 17.9 Å². The molecule has 20 heavy (non-hydrogen) atoms. The van der Waals surface area contributed by atoms with E-state index < -0.39 is 4.92 Å². The highest BCUT2D eigenvalue weighted by atomic mass is 16.6. The van der Waals surface area contributed by atoms with E-state index in [1.165, 1.54) is 6.07 Å². The molecular formula is C13H20N4O3. The topological polar surface area (TPSA) is 93.7 Å². The summed E-state index contributed by atoms with van der Waals surface area (Å²) in [7, 11) is 0. The summed E-state index contributed by atoms with van der Waals surface area (Å²) in [6.07, 6.45) is 0.396. The number of hydrogen-bond donors (Lipinski definition) is 2. The second-order valence-corrected chi connectivity index (χ2v) is 5.20. The number of nitrogens with two attached hydrogens (primary N) is 1. The maximum Gasteiger partial charge on any atom is 0.293 e. The molecule has 2 rings (SSSR count). The number of nitrogen functional groups attached to an aromatic ring is 1. The molecule has 0 amide bonds. The Morgan fingerprint density at radius 2 is 2.10 bits per heavy atom. The van der Waals surface area contributed by atoms with Crippen LogP contribution in [0, 0.1) is 10.1 Å². The molecule has 2 atom stereocenters. The summed E-state index contributed by atoms with van der Waals surface area (Å²) in [6, 6.07) is 4.98. The van der Waals surface area contributed by atoms with Crippen LogP contribution in [0.15, 0.2) is 18.2 Å². The molecule has 110 valence electrons. The van der Waals surface area contributed by atoms with Gasteiger partial charge in [-0.3, -0.25) is 20.9 Å². The van der Waals surface area contributed by atoms with Gasteiger partial charge in [0.05, 0.1) is 17.1 Å². The summed E-state index contributed by atoms with van der Waals surface area (Å²) >= 11 is 0. The quantitative estimate of drug-likeness (QED) is 0.493. The lowest BCUT2D eigenvalue weighted by Crippen LogP contribution is -2.44. The normalized spacial score (nSPS) is 23.6. The summed E-state index contributed by atoms with van der Waals surface area (Å²) in [4.78, 5) is 12.7. The van der Waals surface area contributed by atoms with Crippen molar-refractivity contribution in [2.45, 2.75) is 32.6 Å². The predicted octanol–water partition coefficient (Wildman–Crippen LogP) is 1.49. The Morgan fingerprint density at radius 3 is 2.65 bits per heavy atom. The Bertz CT molecular complexity index is 485. The summed E-state index contributed by atoms with van der Waals surface area (Å²) < 4.78 is 5.69. The third kappa shape index (κ3) is 3.44. The fraction of sp³-hybridized carbons (Fsp3) is 0.538. The maximum absolute atomic E-state index is 10.9. The predicted molar refractivity (Wildman–Crippen MR) is 76.2 cm³/mol. The van der Waals surface area contributed by atoms with Crippen LogP contribution in [-0.2, 0) is 11.3 Å². The molecule has 0 aromatic heterocycles. The second-order valence-electron chi connectivity index (χ2n) is 5.20. The number of morpholine rings is 1. The number of nitrogens with zero attached hydrogens (tertiary/aromatic N) is 2. The van der Waals surface area contributed by atoms with Crippen LogP contribution >= 0.6 is 0 Å². The fourth-order valence-electron chi connectivity index (χ4n) is 2.63. The Labute approximate surface area is 117 Å². The van der Waals surface area contributed by atoms with Gasteiger partial charge in [-0.15, -0.1) is 0 Å². The molecule has 1 saturated heterocycles. The zero-order valence-corrected chi connectivity index (χ0v) is 11.7. The van der Waals surface area contributed by atoms with Gasteiger partial charge in [-0.05, 0) is 25.5 Å². The van der Waals surface area contributed by atoms with Crippen molar-refractivity contribution in [1.29, 1.82) is 0 Å². The first-order valence-electron chi connectivity index (χ1n) is 6.61. The molecule has 1 aliphatic rings. The number of hydrogen-bond acceptors (Lipinski definition) is 6. The van der Waals surface area contributed by atoms with Crippen LogP contribution in [0.2, 0.25) is 0 Å². The fourth-order valence-corrected chi connectivity index (χ4v) is 2.63. The zero-order chi connectivity index (χ0) is 14.7. The van der Waals surface area contributed by atoms with Crippen molar-refractivity contribution in [1.82, 2.24) is 4.90 Å². The molecule has 0 bridgehead atoms. The first kappa shape index (κ1) is 14.7. The highest BCUT2D eigenvalue weighted by Gasteiger charge is 2.22. The van der Waals surface area contributed by atoms with Crippen LogP contribution in [0.1, 0.15) is 19.4 Å². The van der Waals surface area contributed by atoms with Gasteiger partial charge in [0.25, 0.3) is 5.69 Å². The van der Waals surface area contributed by atoms with Crippen LogP contribution in [0.5, 0.6) is 0 Å². The largest absolute Gasteiger partial charge is 0.373 e. The van der Waals surface area contributed by atoms with Gasteiger partial charge >= 0.3 is 0 Å². The first-order chi connectivity index (χ1) is 9.49. The number of rotatable bonds is 4. The molecule has 0 aliphatic carbocycles. The standard InChI is InChI=1S/C13H20N4O3/c1-9-6-16(7-10(2)20-9)8-11-3-4-13(17(18)19)12(5-11)15-14/h3-5,9-10,15H,6-8,14H2,1-2H3/t9-,10+. The number of nitro groups is 1. The second kappa shape index (κ2) is 6.17. The molecule has 0 unspecified atom stereocenters. The van der Waals surface area contributed by atoms with Gasteiger partial charge in [0.2, 0.25) is 0 Å². The van der Waals surface area contributed by atoms with Crippen molar-refractivity contribution in [3.63, 3.8) is 0 Å². The van der Waals surface area contributed by atoms with Gasteiger partial charge in [-0.2, -0.15) is 0 Å². The number of benzene rings is 1. The van der Waals surface area contributed by atoms with E-state index in [4.69, 9.17) is 10.6 Å². The lowest BCUT2D eigenvalue weighted by molar-refractivity contribution is -0.384. The molecule has 1 heterocycles. The third-order valence-electron chi connectivity index (χ3n) is 3.31. The van der Waals surface area contributed by atoms with Gasteiger partial charge in [-0.25, -0.2) is 0 Å². The molecule has 1 aromatic rings. The smallest absolute Gasteiger partial charge is 0.293 e. The molecule has 7 nitrogen and oxygen atoms in total. The minimum atomic E-state index is -0.447. The number of nitro benzene ring substituents is 1. The summed E-state index contributed by atoms with van der Waals surface area (Å²) in [6.45, 7) is 6.53. The Balaban J connectivity index is 2.11. The Kier molecular flexibility index (Phi) is 4.53. The van der Waals surface area contributed by atoms with Crippen LogP contribution in [0.3, 0.4) is 0 Å².